The lowest BCUT2D eigenvalue weighted by molar-refractivity contribution is -0.0983. The van der Waals surface area contributed by atoms with E-state index in [9.17, 15) is 0 Å². The molecule has 0 heterocycles. The van der Waals surface area contributed by atoms with Crippen LogP contribution in [0.1, 0.15) is 73.3 Å². The van der Waals surface area contributed by atoms with Crippen LogP contribution in [0.3, 0.4) is 0 Å². The van der Waals surface area contributed by atoms with Gasteiger partial charge in [-0.2, -0.15) is 0 Å². The summed E-state index contributed by atoms with van der Waals surface area (Å²) in [4.78, 5) is 2.64. The zero-order valence-electron chi connectivity index (χ0n) is 21.5. The minimum Gasteiger partial charge on any atom is -0.491 e. The van der Waals surface area contributed by atoms with Crippen LogP contribution in [0, 0.1) is 5.41 Å². The summed E-state index contributed by atoms with van der Waals surface area (Å²) in [6.45, 7) is 19.3. The summed E-state index contributed by atoms with van der Waals surface area (Å²) in [6, 6.07) is 20.8. The molecule has 2 aromatic carbocycles. The van der Waals surface area contributed by atoms with Crippen LogP contribution in [-0.4, -0.2) is 35.8 Å². The molecule has 32 heavy (non-hydrogen) atoms. The van der Waals surface area contributed by atoms with Gasteiger partial charge in [0.1, 0.15) is 12.4 Å². The molecule has 0 saturated heterocycles. The maximum Gasteiger partial charge on any atom is 0.119 e. The fraction of sp³-hybridized carbons (Fsp3) is 0.586. The molecule has 0 aromatic heterocycles. The van der Waals surface area contributed by atoms with Crippen molar-refractivity contribution >= 4 is 0 Å². The molecule has 0 atom stereocenters. The number of nitrogens with zero attached hydrogens (tertiary/aromatic N) is 1. The van der Waals surface area contributed by atoms with Crippen LogP contribution in [0.5, 0.6) is 5.75 Å². The summed E-state index contributed by atoms with van der Waals surface area (Å²) >= 11 is 0. The summed E-state index contributed by atoms with van der Waals surface area (Å²) < 4.78 is 12.5. The number of para-hydroxylation sites is 1. The zero-order valence-corrected chi connectivity index (χ0v) is 21.5. The fourth-order valence-electron chi connectivity index (χ4n) is 4.70. The van der Waals surface area contributed by atoms with E-state index < -0.39 is 0 Å². The SMILES string of the molecule is CCC(CC)(CN(Cc1ccccc1)C(C)(C)CC(C)(C)C)OCCOc1ccccc1. The van der Waals surface area contributed by atoms with Gasteiger partial charge < -0.3 is 9.47 Å². The highest BCUT2D eigenvalue weighted by molar-refractivity contribution is 5.20. The van der Waals surface area contributed by atoms with E-state index in [-0.39, 0.29) is 16.6 Å². The molecule has 0 unspecified atom stereocenters. The predicted octanol–water partition coefficient (Wildman–Crippen LogP) is 7.36. The summed E-state index contributed by atoms with van der Waals surface area (Å²) in [5.74, 6) is 0.895. The molecule has 0 amide bonds. The molecule has 2 aromatic rings. The maximum absolute atomic E-state index is 6.58. The van der Waals surface area contributed by atoms with E-state index in [2.05, 4.69) is 83.7 Å². The summed E-state index contributed by atoms with van der Waals surface area (Å²) in [5, 5.41) is 0. The summed E-state index contributed by atoms with van der Waals surface area (Å²) in [6.07, 6.45) is 3.07. The topological polar surface area (TPSA) is 21.7 Å². The fourth-order valence-corrected chi connectivity index (χ4v) is 4.70. The predicted molar refractivity (Wildman–Crippen MR) is 136 cm³/mol. The van der Waals surface area contributed by atoms with Crippen LogP contribution in [-0.2, 0) is 11.3 Å². The van der Waals surface area contributed by atoms with Crippen LogP contribution in [0.4, 0.5) is 0 Å². The average molecular weight is 440 g/mol. The van der Waals surface area contributed by atoms with Crippen molar-refractivity contribution in [2.24, 2.45) is 5.41 Å². The lowest BCUT2D eigenvalue weighted by Crippen LogP contribution is -2.53. The van der Waals surface area contributed by atoms with Gasteiger partial charge in [-0.1, -0.05) is 83.1 Å². The monoisotopic (exact) mass is 439 g/mol. The van der Waals surface area contributed by atoms with Gasteiger partial charge >= 0.3 is 0 Å². The standard InChI is InChI=1S/C29H45NO2/c1-8-29(9-2,32-21-20-31-26-18-14-11-15-19-26)24-30(22-25-16-12-10-13-17-25)28(6,7)23-27(3,4)5/h10-19H,8-9,20-24H2,1-7H3. The van der Waals surface area contributed by atoms with Gasteiger partial charge in [-0.25, -0.2) is 0 Å². The van der Waals surface area contributed by atoms with E-state index in [1.165, 1.54) is 5.56 Å². The van der Waals surface area contributed by atoms with Crippen molar-refractivity contribution in [3.63, 3.8) is 0 Å². The van der Waals surface area contributed by atoms with Crippen molar-refractivity contribution in [3.05, 3.63) is 66.2 Å². The van der Waals surface area contributed by atoms with E-state index in [4.69, 9.17) is 9.47 Å². The Morgan fingerprint density at radius 2 is 1.31 bits per heavy atom. The first-order chi connectivity index (χ1) is 15.1. The highest BCUT2D eigenvalue weighted by atomic mass is 16.5. The molecule has 2 rings (SSSR count). The highest BCUT2D eigenvalue weighted by Gasteiger charge is 2.37. The first kappa shape index (κ1) is 26.4. The van der Waals surface area contributed by atoms with Gasteiger partial charge in [0.15, 0.2) is 0 Å². The van der Waals surface area contributed by atoms with Crippen LogP contribution in [0.15, 0.2) is 60.7 Å². The summed E-state index contributed by atoms with van der Waals surface area (Å²) in [7, 11) is 0. The third-order valence-electron chi connectivity index (χ3n) is 6.31. The van der Waals surface area contributed by atoms with E-state index in [0.29, 0.717) is 13.2 Å². The third-order valence-corrected chi connectivity index (χ3v) is 6.31. The molecule has 3 nitrogen and oxygen atoms in total. The molecule has 178 valence electrons. The summed E-state index contributed by atoms with van der Waals surface area (Å²) in [5.41, 5.74) is 1.46. The van der Waals surface area contributed by atoms with E-state index in [1.54, 1.807) is 0 Å². The Morgan fingerprint density at radius 1 is 0.750 bits per heavy atom. The third kappa shape index (κ3) is 8.60. The molecule has 0 N–H and O–H groups in total. The largest absolute Gasteiger partial charge is 0.491 e. The second kappa shape index (κ2) is 11.9. The van der Waals surface area contributed by atoms with E-state index in [0.717, 1.165) is 38.1 Å². The quantitative estimate of drug-likeness (QED) is 0.304. The highest BCUT2D eigenvalue weighted by Crippen LogP contribution is 2.35. The van der Waals surface area contributed by atoms with Crippen LogP contribution < -0.4 is 4.74 Å². The van der Waals surface area contributed by atoms with Crippen LogP contribution in [0.2, 0.25) is 0 Å². The van der Waals surface area contributed by atoms with Crippen molar-refractivity contribution in [3.8, 4) is 5.75 Å². The molecule has 0 spiro atoms. The molecule has 0 bridgehead atoms. The molecule has 0 aliphatic rings. The molecule has 3 heteroatoms. The van der Waals surface area contributed by atoms with Gasteiger partial charge in [-0.3, -0.25) is 4.90 Å². The molecule has 0 saturated carbocycles. The Hall–Kier alpha value is -1.84. The normalized spacial score (nSPS) is 12.9. The van der Waals surface area contributed by atoms with Crippen molar-refractivity contribution in [1.29, 1.82) is 0 Å². The Bertz CT molecular complexity index is 761. The molecule has 0 aliphatic carbocycles. The Morgan fingerprint density at radius 3 is 1.84 bits per heavy atom. The Balaban J connectivity index is 2.13. The van der Waals surface area contributed by atoms with Gasteiger partial charge in [-0.15, -0.1) is 0 Å². The van der Waals surface area contributed by atoms with Gasteiger partial charge in [0.25, 0.3) is 0 Å². The number of hydrogen-bond acceptors (Lipinski definition) is 3. The van der Waals surface area contributed by atoms with E-state index in [1.807, 2.05) is 30.3 Å². The number of benzene rings is 2. The van der Waals surface area contributed by atoms with Gasteiger partial charge in [0.2, 0.25) is 0 Å². The second-order valence-corrected chi connectivity index (χ2v) is 10.8. The average Bonchev–Trinajstić information content (AvgIpc) is 2.75. The number of rotatable bonds is 13. The van der Waals surface area contributed by atoms with Crippen molar-refractivity contribution in [2.45, 2.75) is 85.4 Å². The number of ether oxygens (including phenoxy) is 2. The maximum atomic E-state index is 6.58. The molecular weight excluding hydrogens is 394 g/mol. The van der Waals surface area contributed by atoms with Crippen LogP contribution in [0.25, 0.3) is 0 Å². The minimum atomic E-state index is -0.190. The second-order valence-electron chi connectivity index (χ2n) is 10.8. The Labute approximate surface area is 197 Å². The van der Waals surface area contributed by atoms with Gasteiger partial charge in [0, 0.05) is 18.6 Å². The minimum absolute atomic E-state index is 0.0492. The molecular formula is C29H45NO2. The smallest absolute Gasteiger partial charge is 0.119 e. The molecule has 0 radical (unpaired) electrons. The Kier molecular flexibility index (Phi) is 9.79. The zero-order chi connectivity index (χ0) is 23.7. The number of hydrogen-bond donors (Lipinski definition) is 0. The lowest BCUT2D eigenvalue weighted by atomic mass is 9.79. The lowest BCUT2D eigenvalue weighted by Gasteiger charge is -2.47. The first-order valence-electron chi connectivity index (χ1n) is 12.2. The van der Waals surface area contributed by atoms with Crippen molar-refractivity contribution in [2.75, 3.05) is 19.8 Å². The van der Waals surface area contributed by atoms with Gasteiger partial charge in [0.05, 0.1) is 12.2 Å². The van der Waals surface area contributed by atoms with Crippen molar-refractivity contribution in [1.82, 2.24) is 4.90 Å². The van der Waals surface area contributed by atoms with Crippen molar-refractivity contribution < 1.29 is 9.47 Å². The molecule has 0 fully saturated rings. The van der Waals surface area contributed by atoms with Gasteiger partial charge in [-0.05, 0) is 56.2 Å². The molecule has 0 aliphatic heterocycles. The first-order valence-corrected chi connectivity index (χ1v) is 12.2. The van der Waals surface area contributed by atoms with E-state index >= 15 is 0 Å². The van der Waals surface area contributed by atoms with Crippen LogP contribution >= 0.6 is 0 Å².